The molecule has 0 amide bonds. The Hall–Kier alpha value is -2.60. The first-order valence-corrected chi connectivity index (χ1v) is 11.5. The highest BCUT2D eigenvalue weighted by Gasteiger charge is 2.33. The van der Waals surface area contributed by atoms with Crippen LogP contribution in [0, 0.1) is 12.8 Å². The fourth-order valence-electron chi connectivity index (χ4n) is 3.93. The van der Waals surface area contributed by atoms with Crippen LogP contribution in [0.5, 0.6) is 0 Å². The van der Waals surface area contributed by atoms with E-state index in [4.69, 9.17) is 0 Å². The zero-order valence-corrected chi connectivity index (χ0v) is 19.2. The van der Waals surface area contributed by atoms with Gasteiger partial charge in [0.15, 0.2) is 5.16 Å². The summed E-state index contributed by atoms with van der Waals surface area (Å²) in [6, 6.07) is 12.9. The number of aryl methyl sites for hydroxylation is 1. The highest BCUT2D eigenvalue weighted by molar-refractivity contribution is 8.01. The summed E-state index contributed by atoms with van der Waals surface area (Å²) in [5.74, 6) is -1.08. The summed E-state index contributed by atoms with van der Waals surface area (Å²) in [5, 5.41) is 12.4. The average Bonchev–Trinajstić information content (AvgIpc) is 3.51. The third-order valence-electron chi connectivity index (χ3n) is 6.03. The zero-order chi connectivity index (χ0) is 22.3. The monoisotopic (exact) mass is 436 g/mol. The van der Waals surface area contributed by atoms with E-state index in [0.29, 0.717) is 5.92 Å². The number of carboxylic acids is 1. The maximum Gasteiger partial charge on any atom is 0.306 e. The SMILES string of the molecule is Cc1cnc(SC(C)(C)C(=O)CC(C)C(=O)O)n1-c1ccc(C2CC2)c2ccccc12. The molecule has 6 heteroatoms. The van der Waals surface area contributed by atoms with E-state index in [9.17, 15) is 14.7 Å². The Bertz CT molecular complexity index is 1160. The molecule has 2 aromatic carbocycles. The minimum absolute atomic E-state index is 0.00798. The van der Waals surface area contributed by atoms with Crippen LogP contribution in [0.2, 0.25) is 0 Å². The first kappa shape index (κ1) is 21.6. The van der Waals surface area contributed by atoms with Crippen molar-refractivity contribution in [3.63, 3.8) is 0 Å². The summed E-state index contributed by atoms with van der Waals surface area (Å²) in [6.07, 6.45) is 4.33. The fraction of sp³-hybridized carbons (Fsp3) is 0.400. The maximum atomic E-state index is 12.9. The van der Waals surface area contributed by atoms with Crippen LogP contribution in [0.1, 0.15) is 57.2 Å². The Morgan fingerprint density at radius 1 is 1.19 bits per heavy atom. The van der Waals surface area contributed by atoms with Gasteiger partial charge >= 0.3 is 5.97 Å². The van der Waals surface area contributed by atoms with Crippen molar-refractivity contribution >= 4 is 34.3 Å². The number of thioether (sulfide) groups is 1. The Kier molecular flexibility index (Phi) is 5.69. The lowest BCUT2D eigenvalue weighted by Crippen LogP contribution is -2.31. The number of carboxylic acid groups (broad SMARTS) is 1. The second-order valence-electron chi connectivity index (χ2n) is 8.99. The van der Waals surface area contributed by atoms with Crippen LogP contribution in [-0.4, -0.2) is 31.2 Å². The van der Waals surface area contributed by atoms with E-state index in [-0.39, 0.29) is 12.2 Å². The van der Waals surface area contributed by atoms with Crippen LogP contribution in [0.3, 0.4) is 0 Å². The quantitative estimate of drug-likeness (QED) is 0.454. The van der Waals surface area contributed by atoms with Gasteiger partial charge in [-0.15, -0.1) is 0 Å². The van der Waals surface area contributed by atoms with Gasteiger partial charge in [-0.3, -0.25) is 14.2 Å². The van der Waals surface area contributed by atoms with Crippen molar-refractivity contribution < 1.29 is 14.7 Å². The molecule has 1 atom stereocenters. The van der Waals surface area contributed by atoms with E-state index >= 15 is 0 Å². The Morgan fingerprint density at radius 3 is 2.52 bits per heavy atom. The van der Waals surface area contributed by atoms with E-state index in [2.05, 4.69) is 45.9 Å². The van der Waals surface area contributed by atoms with Gasteiger partial charge in [-0.25, -0.2) is 4.98 Å². The minimum Gasteiger partial charge on any atom is -0.481 e. The van der Waals surface area contributed by atoms with Gasteiger partial charge in [-0.1, -0.05) is 49.0 Å². The lowest BCUT2D eigenvalue weighted by molar-refractivity contribution is -0.143. The summed E-state index contributed by atoms with van der Waals surface area (Å²) in [6.45, 7) is 7.27. The Labute approximate surface area is 186 Å². The van der Waals surface area contributed by atoms with Gasteiger partial charge in [0.1, 0.15) is 5.78 Å². The van der Waals surface area contributed by atoms with Crippen molar-refractivity contribution in [3.8, 4) is 5.69 Å². The maximum absolute atomic E-state index is 12.9. The minimum atomic E-state index is -0.950. The molecule has 1 aliphatic rings. The molecule has 1 heterocycles. The molecule has 4 rings (SSSR count). The normalized spacial score (nSPS) is 15.2. The second-order valence-corrected chi connectivity index (χ2v) is 10.6. The van der Waals surface area contributed by atoms with Gasteiger partial charge in [0, 0.05) is 23.7 Å². The molecule has 5 nitrogen and oxygen atoms in total. The topological polar surface area (TPSA) is 72.2 Å². The van der Waals surface area contributed by atoms with Gasteiger partial charge in [-0.2, -0.15) is 0 Å². The first-order chi connectivity index (χ1) is 14.7. The van der Waals surface area contributed by atoms with E-state index in [1.54, 1.807) is 6.92 Å². The van der Waals surface area contributed by atoms with Crippen molar-refractivity contribution in [1.29, 1.82) is 0 Å². The lowest BCUT2D eigenvalue weighted by atomic mass is 9.97. The van der Waals surface area contributed by atoms with Crippen molar-refractivity contribution in [2.75, 3.05) is 0 Å². The van der Waals surface area contributed by atoms with Crippen LogP contribution in [-0.2, 0) is 9.59 Å². The molecular formula is C25H28N2O3S. The van der Waals surface area contributed by atoms with Gasteiger partial charge in [-0.05, 0) is 56.5 Å². The molecule has 1 aromatic heterocycles. The number of benzene rings is 2. The summed E-state index contributed by atoms with van der Waals surface area (Å²) < 4.78 is 1.32. The van der Waals surface area contributed by atoms with Crippen molar-refractivity contribution in [2.24, 2.45) is 5.92 Å². The van der Waals surface area contributed by atoms with E-state index in [1.165, 1.54) is 40.9 Å². The molecule has 0 spiro atoms. The number of carbonyl (C=O) groups excluding carboxylic acids is 1. The average molecular weight is 437 g/mol. The third-order valence-corrected chi connectivity index (χ3v) is 7.24. The molecule has 3 aromatic rings. The fourth-order valence-corrected chi connectivity index (χ4v) is 5.02. The zero-order valence-electron chi connectivity index (χ0n) is 18.4. The molecule has 162 valence electrons. The number of imidazole rings is 1. The van der Waals surface area contributed by atoms with E-state index in [1.807, 2.05) is 27.0 Å². The molecule has 31 heavy (non-hydrogen) atoms. The summed E-state index contributed by atoms with van der Waals surface area (Å²) in [5.41, 5.74) is 3.46. The Morgan fingerprint density at radius 2 is 1.87 bits per heavy atom. The number of hydrogen-bond acceptors (Lipinski definition) is 4. The molecular weight excluding hydrogens is 408 g/mol. The lowest BCUT2D eigenvalue weighted by Gasteiger charge is -2.24. The van der Waals surface area contributed by atoms with Gasteiger partial charge in [0.05, 0.1) is 16.4 Å². The summed E-state index contributed by atoms with van der Waals surface area (Å²) in [4.78, 5) is 28.7. The molecule has 1 fully saturated rings. The van der Waals surface area contributed by atoms with E-state index in [0.717, 1.165) is 16.5 Å². The molecule has 0 saturated heterocycles. The number of rotatable bonds is 8. The van der Waals surface area contributed by atoms with Gasteiger partial charge in [0.2, 0.25) is 0 Å². The van der Waals surface area contributed by atoms with Crippen molar-refractivity contribution in [1.82, 2.24) is 9.55 Å². The predicted molar refractivity (Wildman–Crippen MR) is 124 cm³/mol. The molecule has 0 aliphatic heterocycles. The number of Topliss-reactive ketones (excluding diaryl/α,β-unsaturated/α-hetero) is 1. The first-order valence-electron chi connectivity index (χ1n) is 10.7. The smallest absolute Gasteiger partial charge is 0.306 e. The third kappa shape index (κ3) is 4.26. The van der Waals surface area contributed by atoms with Gasteiger partial charge < -0.3 is 5.11 Å². The summed E-state index contributed by atoms with van der Waals surface area (Å²) >= 11 is 1.39. The molecule has 1 saturated carbocycles. The van der Waals surface area contributed by atoms with Crippen molar-refractivity contribution in [3.05, 3.63) is 53.9 Å². The number of carbonyl (C=O) groups is 2. The largest absolute Gasteiger partial charge is 0.481 e. The highest BCUT2D eigenvalue weighted by Crippen LogP contribution is 2.45. The standard InChI is InChI=1S/C25H28N2O3S/c1-15(23(29)30)13-22(28)25(3,4)31-24-26-14-16(2)27(24)21-12-11-18(17-9-10-17)19-7-5-6-8-20(19)21/h5-8,11-12,14-15,17H,9-10,13H2,1-4H3,(H,29,30). The van der Waals surface area contributed by atoms with Gasteiger partial charge in [0.25, 0.3) is 0 Å². The predicted octanol–water partition coefficient (Wildman–Crippen LogP) is 5.76. The summed E-state index contributed by atoms with van der Waals surface area (Å²) in [7, 11) is 0. The van der Waals surface area contributed by atoms with Crippen LogP contribution in [0.15, 0.2) is 47.8 Å². The van der Waals surface area contributed by atoms with Crippen LogP contribution in [0.4, 0.5) is 0 Å². The number of nitrogens with zero attached hydrogens (tertiary/aromatic N) is 2. The number of aromatic nitrogens is 2. The highest BCUT2D eigenvalue weighted by atomic mass is 32.2. The second kappa shape index (κ2) is 8.15. The van der Waals surface area contributed by atoms with Crippen molar-refractivity contribution in [2.45, 2.75) is 62.8 Å². The molecule has 1 N–H and O–H groups in total. The number of hydrogen-bond donors (Lipinski definition) is 1. The number of ketones is 1. The Balaban J connectivity index is 1.72. The molecule has 1 unspecified atom stereocenters. The van der Waals surface area contributed by atoms with Crippen LogP contribution >= 0.6 is 11.8 Å². The van der Waals surface area contributed by atoms with Crippen LogP contribution < -0.4 is 0 Å². The number of aliphatic carboxylic acids is 1. The van der Waals surface area contributed by atoms with E-state index < -0.39 is 16.6 Å². The molecule has 0 radical (unpaired) electrons. The number of fused-ring (bicyclic) bond motifs is 1. The van der Waals surface area contributed by atoms with Crippen LogP contribution in [0.25, 0.3) is 16.5 Å². The molecule has 0 bridgehead atoms. The molecule has 1 aliphatic carbocycles.